The first-order chi connectivity index (χ1) is 12.1. The van der Waals surface area contributed by atoms with E-state index in [1.54, 1.807) is 0 Å². The smallest absolute Gasteiger partial charge is 0.228 e. The van der Waals surface area contributed by atoms with Crippen molar-refractivity contribution in [2.24, 2.45) is 0 Å². The monoisotopic (exact) mass is 401 g/mol. The van der Waals surface area contributed by atoms with E-state index >= 15 is 0 Å². The van der Waals surface area contributed by atoms with Crippen molar-refractivity contribution in [1.29, 1.82) is 0 Å². The van der Waals surface area contributed by atoms with Gasteiger partial charge in [-0.1, -0.05) is 42.5 Å². The van der Waals surface area contributed by atoms with Crippen LogP contribution in [0, 0.1) is 5.82 Å². The van der Waals surface area contributed by atoms with Gasteiger partial charge in [0.1, 0.15) is 5.82 Å². The van der Waals surface area contributed by atoms with Crippen LogP contribution in [-0.2, 0) is 11.2 Å². The molecule has 1 N–H and O–H groups in total. The summed E-state index contributed by atoms with van der Waals surface area (Å²) in [6.45, 7) is 2.24. The summed E-state index contributed by atoms with van der Waals surface area (Å²) in [4.78, 5) is 12.5. The minimum Gasteiger partial charge on any atom is -0.491 e. The molecule has 0 fully saturated rings. The lowest BCUT2D eigenvalue weighted by atomic mass is 10.0. The number of carbonyl (C=O) groups is 1. The molecule has 5 heteroatoms. The van der Waals surface area contributed by atoms with Gasteiger partial charge < -0.3 is 10.1 Å². The molecule has 0 heterocycles. The number of ether oxygens (including phenoxy) is 1. The molecule has 0 unspecified atom stereocenters. The van der Waals surface area contributed by atoms with Crippen molar-refractivity contribution >= 4 is 38.3 Å². The second-order valence-electron chi connectivity index (χ2n) is 5.56. The predicted octanol–water partition coefficient (Wildman–Crippen LogP) is 5.32. The molecule has 3 rings (SSSR count). The van der Waals surface area contributed by atoms with Crippen LogP contribution < -0.4 is 10.1 Å². The minimum atomic E-state index is -0.448. The van der Waals surface area contributed by atoms with Crippen LogP contribution >= 0.6 is 15.9 Å². The van der Waals surface area contributed by atoms with Crippen LogP contribution in [0.2, 0.25) is 0 Å². The van der Waals surface area contributed by atoms with Gasteiger partial charge in [-0.05, 0) is 45.3 Å². The molecule has 3 nitrogen and oxygen atoms in total. The maximum absolute atomic E-state index is 13.7. The van der Waals surface area contributed by atoms with Crippen molar-refractivity contribution in [2.75, 3.05) is 11.9 Å². The molecule has 128 valence electrons. The van der Waals surface area contributed by atoms with E-state index in [4.69, 9.17) is 4.74 Å². The maximum atomic E-state index is 13.7. The fourth-order valence-corrected chi connectivity index (χ4v) is 3.30. The number of anilines is 1. The average molecular weight is 402 g/mol. The molecule has 1 amide bonds. The Balaban J connectivity index is 1.85. The molecule has 3 aromatic carbocycles. The largest absolute Gasteiger partial charge is 0.491 e. The van der Waals surface area contributed by atoms with Gasteiger partial charge in [-0.2, -0.15) is 0 Å². The van der Waals surface area contributed by atoms with E-state index in [0.29, 0.717) is 22.5 Å². The van der Waals surface area contributed by atoms with Gasteiger partial charge in [0.25, 0.3) is 0 Å². The van der Waals surface area contributed by atoms with E-state index in [2.05, 4.69) is 21.2 Å². The summed E-state index contributed by atoms with van der Waals surface area (Å²) < 4.78 is 19.7. The van der Waals surface area contributed by atoms with Crippen LogP contribution in [0.5, 0.6) is 5.75 Å². The first kappa shape index (κ1) is 17.4. The number of fused-ring (bicyclic) bond motifs is 1. The zero-order valence-electron chi connectivity index (χ0n) is 13.7. The predicted molar refractivity (Wildman–Crippen MR) is 102 cm³/mol. The van der Waals surface area contributed by atoms with Gasteiger partial charge >= 0.3 is 0 Å². The lowest BCUT2D eigenvalue weighted by Crippen LogP contribution is -2.16. The van der Waals surface area contributed by atoms with Gasteiger partial charge in [0.15, 0.2) is 5.75 Å². The molecule has 0 aliphatic rings. The third-order valence-corrected chi connectivity index (χ3v) is 4.39. The second-order valence-corrected chi connectivity index (χ2v) is 6.41. The molecular formula is C20H17BrFNO2. The van der Waals surface area contributed by atoms with E-state index in [1.165, 1.54) is 12.1 Å². The average Bonchev–Trinajstić information content (AvgIpc) is 2.58. The molecule has 0 aliphatic carbocycles. The van der Waals surface area contributed by atoms with Gasteiger partial charge in [-0.25, -0.2) is 4.39 Å². The highest BCUT2D eigenvalue weighted by Crippen LogP contribution is 2.34. The molecule has 0 spiro atoms. The summed E-state index contributed by atoms with van der Waals surface area (Å²) in [5.41, 5.74) is 1.24. The summed E-state index contributed by atoms with van der Waals surface area (Å²) in [7, 11) is 0. The Morgan fingerprint density at radius 1 is 1.16 bits per heavy atom. The van der Waals surface area contributed by atoms with E-state index in [9.17, 15) is 9.18 Å². The van der Waals surface area contributed by atoms with Gasteiger partial charge in [-0.15, -0.1) is 0 Å². The fourth-order valence-electron chi connectivity index (χ4n) is 2.76. The molecule has 0 saturated carbocycles. The van der Waals surface area contributed by atoms with E-state index < -0.39 is 5.82 Å². The standard InChI is InChI=1S/C20H17BrFNO2/c1-2-25-20-17(21)11-15(22)12-18(20)23-19(24)10-14-8-5-7-13-6-3-4-9-16(13)14/h3-9,11-12H,2,10H2,1H3,(H,23,24). The molecule has 0 bridgehead atoms. The van der Waals surface area contributed by atoms with Crippen LogP contribution in [0.3, 0.4) is 0 Å². The molecule has 0 radical (unpaired) electrons. The number of halogens is 2. The molecule has 0 aliphatic heterocycles. The van der Waals surface area contributed by atoms with Crippen molar-refractivity contribution in [3.63, 3.8) is 0 Å². The van der Waals surface area contributed by atoms with Gasteiger partial charge in [0, 0.05) is 6.07 Å². The fraction of sp³-hybridized carbons (Fsp3) is 0.150. The maximum Gasteiger partial charge on any atom is 0.228 e. The van der Waals surface area contributed by atoms with Crippen molar-refractivity contribution in [1.82, 2.24) is 0 Å². The lowest BCUT2D eigenvalue weighted by molar-refractivity contribution is -0.115. The van der Waals surface area contributed by atoms with Crippen molar-refractivity contribution in [3.05, 3.63) is 70.5 Å². The lowest BCUT2D eigenvalue weighted by Gasteiger charge is -2.14. The molecule has 0 saturated heterocycles. The number of hydrogen-bond acceptors (Lipinski definition) is 2. The van der Waals surface area contributed by atoms with E-state index in [1.807, 2.05) is 49.4 Å². The SMILES string of the molecule is CCOc1c(Br)cc(F)cc1NC(=O)Cc1cccc2ccccc12. The van der Waals surface area contributed by atoms with Crippen molar-refractivity contribution in [2.45, 2.75) is 13.3 Å². The van der Waals surface area contributed by atoms with Crippen molar-refractivity contribution in [3.8, 4) is 5.75 Å². The Labute approximate surface area is 153 Å². The molecule has 25 heavy (non-hydrogen) atoms. The Bertz CT molecular complexity index is 921. The third kappa shape index (κ3) is 3.99. The zero-order valence-corrected chi connectivity index (χ0v) is 15.3. The summed E-state index contributed by atoms with van der Waals surface area (Å²) in [5.74, 6) is -0.249. The number of carbonyl (C=O) groups excluding carboxylic acids is 1. The molecule has 3 aromatic rings. The normalized spacial score (nSPS) is 10.7. The number of rotatable bonds is 5. The number of benzene rings is 3. The van der Waals surface area contributed by atoms with E-state index in [0.717, 1.165) is 16.3 Å². The summed E-state index contributed by atoms with van der Waals surface area (Å²) >= 11 is 3.27. The quantitative estimate of drug-likeness (QED) is 0.627. The number of nitrogens with one attached hydrogen (secondary N) is 1. The zero-order chi connectivity index (χ0) is 17.8. The Morgan fingerprint density at radius 2 is 1.92 bits per heavy atom. The van der Waals surface area contributed by atoms with E-state index in [-0.39, 0.29) is 12.3 Å². The number of amides is 1. The summed E-state index contributed by atoms with van der Waals surface area (Å²) in [6, 6.07) is 16.3. The second kappa shape index (κ2) is 7.66. The van der Waals surface area contributed by atoms with Crippen LogP contribution in [0.15, 0.2) is 59.1 Å². The Morgan fingerprint density at radius 3 is 2.72 bits per heavy atom. The van der Waals surface area contributed by atoms with Crippen LogP contribution in [0.25, 0.3) is 10.8 Å². The van der Waals surface area contributed by atoms with Crippen molar-refractivity contribution < 1.29 is 13.9 Å². The van der Waals surface area contributed by atoms with Crippen LogP contribution in [0.1, 0.15) is 12.5 Å². The Kier molecular flexibility index (Phi) is 5.34. The number of hydrogen-bond donors (Lipinski definition) is 1. The summed E-state index contributed by atoms with van der Waals surface area (Å²) in [6.07, 6.45) is 0.195. The summed E-state index contributed by atoms with van der Waals surface area (Å²) in [5, 5.41) is 4.87. The third-order valence-electron chi connectivity index (χ3n) is 3.80. The van der Waals surface area contributed by atoms with Gasteiger partial charge in [0.05, 0.1) is 23.2 Å². The highest BCUT2D eigenvalue weighted by Gasteiger charge is 2.14. The topological polar surface area (TPSA) is 38.3 Å². The van der Waals surface area contributed by atoms with Crippen LogP contribution in [0.4, 0.5) is 10.1 Å². The molecular weight excluding hydrogens is 385 g/mol. The first-order valence-electron chi connectivity index (χ1n) is 7.97. The van der Waals surface area contributed by atoms with Gasteiger partial charge in [0.2, 0.25) is 5.91 Å². The molecule has 0 atom stereocenters. The Hall–Kier alpha value is -2.40. The highest BCUT2D eigenvalue weighted by atomic mass is 79.9. The van der Waals surface area contributed by atoms with Gasteiger partial charge in [-0.3, -0.25) is 4.79 Å². The highest BCUT2D eigenvalue weighted by molar-refractivity contribution is 9.10. The minimum absolute atomic E-state index is 0.195. The molecule has 0 aromatic heterocycles. The van der Waals surface area contributed by atoms with Crippen LogP contribution in [-0.4, -0.2) is 12.5 Å². The first-order valence-corrected chi connectivity index (χ1v) is 8.76.